The van der Waals surface area contributed by atoms with Gasteiger partial charge in [0.05, 0.1) is 5.56 Å². The number of nitrogens with two attached hydrogens (primary N) is 2. The van der Waals surface area contributed by atoms with Gasteiger partial charge in [-0.25, -0.2) is 4.98 Å². The first-order valence-corrected chi connectivity index (χ1v) is 6.88. The molecule has 0 unspecified atom stereocenters. The number of hydrogen-bond donors (Lipinski definition) is 2. The largest absolute Gasteiger partial charge is 0.398 e. The van der Waals surface area contributed by atoms with E-state index in [0.29, 0.717) is 24.5 Å². The van der Waals surface area contributed by atoms with Gasteiger partial charge >= 0.3 is 0 Å². The molecule has 5 heteroatoms. The maximum atomic E-state index is 11.7. The van der Waals surface area contributed by atoms with Crippen molar-refractivity contribution < 1.29 is 4.79 Å². The highest BCUT2D eigenvalue weighted by Gasteiger charge is 2.18. The van der Waals surface area contributed by atoms with Crippen molar-refractivity contribution in [1.82, 2.24) is 4.98 Å². The number of amides is 1. The molecule has 1 aromatic carbocycles. The summed E-state index contributed by atoms with van der Waals surface area (Å²) in [5, 5.41) is 0. The van der Waals surface area contributed by atoms with E-state index >= 15 is 0 Å². The van der Waals surface area contributed by atoms with Gasteiger partial charge < -0.3 is 16.4 Å². The maximum Gasteiger partial charge on any atom is 0.252 e. The Labute approximate surface area is 124 Å². The monoisotopic (exact) mass is 284 g/mol. The van der Waals surface area contributed by atoms with Crippen LogP contribution in [0.25, 0.3) is 0 Å². The zero-order chi connectivity index (χ0) is 15.4. The first-order valence-electron chi connectivity index (χ1n) is 6.88. The van der Waals surface area contributed by atoms with Gasteiger partial charge in [-0.2, -0.15) is 0 Å². The van der Waals surface area contributed by atoms with Gasteiger partial charge in [0.15, 0.2) is 0 Å². The highest BCUT2D eigenvalue weighted by atomic mass is 16.1. The van der Waals surface area contributed by atoms with Crippen molar-refractivity contribution in [1.29, 1.82) is 0 Å². The summed E-state index contributed by atoms with van der Waals surface area (Å²) in [7, 11) is 0. The van der Waals surface area contributed by atoms with Crippen LogP contribution in [0.2, 0.25) is 0 Å². The Bertz CT molecular complexity index is 654. The average molecular weight is 284 g/mol. The summed E-state index contributed by atoms with van der Waals surface area (Å²) in [6, 6.07) is 9.46. The summed E-state index contributed by atoms with van der Waals surface area (Å²) in [6.07, 6.45) is 1.69. The fourth-order valence-corrected chi connectivity index (χ4v) is 2.31. The van der Waals surface area contributed by atoms with Crippen LogP contribution in [0.1, 0.15) is 28.4 Å². The van der Waals surface area contributed by atoms with Crippen molar-refractivity contribution >= 4 is 17.4 Å². The molecule has 1 heterocycles. The smallest absolute Gasteiger partial charge is 0.252 e. The Morgan fingerprint density at radius 3 is 2.62 bits per heavy atom. The Hall–Kier alpha value is -2.56. The molecule has 1 aromatic heterocycles. The molecule has 5 nitrogen and oxygen atoms in total. The van der Waals surface area contributed by atoms with Crippen molar-refractivity contribution in [3.05, 3.63) is 53.2 Å². The number of carbonyl (C=O) groups excluding carboxylic acids is 1. The molecular formula is C16H20N4O. The van der Waals surface area contributed by atoms with Crippen LogP contribution in [0.3, 0.4) is 0 Å². The molecule has 0 bridgehead atoms. The molecule has 0 saturated carbocycles. The van der Waals surface area contributed by atoms with Crippen LogP contribution in [0, 0.1) is 6.92 Å². The van der Waals surface area contributed by atoms with Crippen LogP contribution >= 0.6 is 0 Å². The Morgan fingerprint density at radius 2 is 2.00 bits per heavy atom. The minimum atomic E-state index is -0.463. The van der Waals surface area contributed by atoms with Crippen molar-refractivity contribution in [3.8, 4) is 0 Å². The molecular weight excluding hydrogens is 264 g/mol. The van der Waals surface area contributed by atoms with Gasteiger partial charge in [0, 0.05) is 25.0 Å². The number of nitrogens with zero attached hydrogens (tertiary/aromatic N) is 2. The lowest BCUT2D eigenvalue weighted by Crippen LogP contribution is -2.28. The van der Waals surface area contributed by atoms with E-state index in [1.165, 1.54) is 0 Å². The first kappa shape index (κ1) is 14.8. The molecule has 0 atom stereocenters. The molecule has 0 aliphatic heterocycles. The minimum Gasteiger partial charge on any atom is -0.398 e. The van der Waals surface area contributed by atoms with Crippen LogP contribution in [0.15, 0.2) is 36.5 Å². The van der Waals surface area contributed by atoms with E-state index < -0.39 is 5.91 Å². The predicted molar refractivity (Wildman–Crippen MR) is 85.1 cm³/mol. The van der Waals surface area contributed by atoms with Gasteiger partial charge in [-0.15, -0.1) is 0 Å². The molecule has 0 spiro atoms. The van der Waals surface area contributed by atoms with Gasteiger partial charge in [0.25, 0.3) is 5.91 Å². The third-order valence-corrected chi connectivity index (χ3v) is 3.48. The normalized spacial score (nSPS) is 10.4. The molecule has 21 heavy (non-hydrogen) atoms. The maximum absolute atomic E-state index is 11.7. The number of rotatable bonds is 5. The zero-order valence-corrected chi connectivity index (χ0v) is 12.3. The third kappa shape index (κ3) is 3.13. The second-order valence-corrected chi connectivity index (χ2v) is 4.90. The number of pyridine rings is 1. The first-order chi connectivity index (χ1) is 10.0. The quantitative estimate of drug-likeness (QED) is 0.823. The molecule has 4 N–H and O–H groups in total. The lowest BCUT2D eigenvalue weighted by Gasteiger charge is -2.25. The average Bonchev–Trinajstić information content (AvgIpc) is 2.45. The number of anilines is 2. The number of nitrogen functional groups attached to an aromatic ring is 1. The Morgan fingerprint density at radius 1 is 1.29 bits per heavy atom. The summed E-state index contributed by atoms with van der Waals surface area (Å²) in [4.78, 5) is 18.1. The third-order valence-electron chi connectivity index (χ3n) is 3.48. The zero-order valence-electron chi connectivity index (χ0n) is 12.3. The van der Waals surface area contributed by atoms with E-state index in [4.69, 9.17) is 11.5 Å². The fraction of sp³-hybridized carbons (Fsp3) is 0.250. The number of hydrogen-bond acceptors (Lipinski definition) is 4. The minimum absolute atomic E-state index is 0.463. The molecule has 0 aliphatic rings. The van der Waals surface area contributed by atoms with E-state index in [9.17, 15) is 4.79 Å². The van der Waals surface area contributed by atoms with E-state index in [-0.39, 0.29) is 0 Å². The number of primary amides is 1. The van der Waals surface area contributed by atoms with Crippen molar-refractivity contribution in [2.75, 3.05) is 17.2 Å². The Balaban J connectivity index is 2.41. The van der Waals surface area contributed by atoms with Crippen LogP contribution in [-0.2, 0) is 6.54 Å². The van der Waals surface area contributed by atoms with Crippen molar-refractivity contribution in [3.63, 3.8) is 0 Å². The van der Waals surface area contributed by atoms with Crippen molar-refractivity contribution in [2.45, 2.75) is 20.4 Å². The van der Waals surface area contributed by atoms with Crippen molar-refractivity contribution in [2.24, 2.45) is 5.73 Å². The Kier molecular flexibility index (Phi) is 4.42. The fourth-order valence-electron chi connectivity index (χ4n) is 2.31. The standard InChI is InChI=1S/C16H20N4O/c1-3-20(10-12-6-4-5-7-13(12)17)16-14(15(18)21)11(2)8-9-19-16/h4-9H,3,10,17H2,1-2H3,(H2,18,21). The highest BCUT2D eigenvalue weighted by Crippen LogP contribution is 2.23. The molecule has 0 aliphatic carbocycles. The van der Waals surface area contributed by atoms with Gasteiger partial charge in [-0.1, -0.05) is 18.2 Å². The molecule has 0 fully saturated rings. The summed E-state index contributed by atoms with van der Waals surface area (Å²) in [5.74, 6) is 0.142. The van der Waals surface area contributed by atoms with Crippen LogP contribution in [0.4, 0.5) is 11.5 Å². The second-order valence-electron chi connectivity index (χ2n) is 4.90. The summed E-state index contributed by atoms with van der Waals surface area (Å²) >= 11 is 0. The van der Waals surface area contributed by atoms with Gasteiger partial charge in [0.1, 0.15) is 5.82 Å². The molecule has 110 valence electrons. The number of benzene rings is 1. The van der Waals surface area contributed by atoms with Gasteiger partial charge in [-0.3, -0.25) is 4.79 Å². The van der Waals surface area contributed by atoms with E-state index in [1.807, 2.05) is 43.0 Å². The number of aromatic nitrogens is 1. The van der Waals surface area contributed by atoms with E-state index in [2.05, 4.69) is 4.98 Å². The summed E-state index contributed by atoms with van der Waals surface area (Å²) in [5.41, 5.74) is 14.5. The second kappa shape index (κ2) is 6.26. The predicted octanol–water partition coefficient (Wildman–Crippen LogP) is 2.10. The van der Waals surface area contributed by atoms with E-state index in [0.717, 1.165) is 16.8 Å². The van der Waals surface area contributed by atoms with E-state index in [1.54, 1.807) is 12.3 Å². The topological polar surface area (TPSA) is 85.2 Å². The summed E-state index contributed by atoms with van der Waals surface area (Å²) in [6.45, 7) is 5.15. The number of carbonyl (C=O) groups is 1. The summed E-state index contributed by atoms with van der Waals surface area (Å²) < 4.78 is 0. The number of para-hydroxylation sites is 1. The lowest BCUT2D eigenvalue weighted by molar-refractivity contribution is 0.1000. The highest BCUT2D eigenvalue weighted by molar-refractivity contribution is 5.99. The van der Waals surface area contributed by atoms with Crippen LogP contribution in [-0.4, -0.2) is 17.4 Å². The molecule has 0 radical (unpaired) electrons. The number of aryl methyl sites for hydroxylation is 1. The van der Waals surface area contributed by atoms with Gasteiger partial charge in [-0.05, 0) is 37.1 Å². The molecule has 2 rings (SSSR count). The van der Waals surface area contributed by atoms with Crippen LogP contribution < -0.4 is 16.4 Å². The van der Waals surface area contributed by atoms with Gasteiger partial charge in [0.2, 0.25) is 0 Å². The molecule has 2 aromatic rings. The SMILES string of the molecule is CCN(Cc1ccccc1N)c1nccc(C)c1C(N)=O. The molecule has 0 saturated heterocycles. The van der Waals surface area contributed by atoms with Crippen LogP contribution in [0.5, 0.6) is 0 Å². The molecule has 1 amide bonds. The lowest BCUT2D eigenvalue weighted by atomic mass is 10.1.